The number of carbonyl (C=O) groups excluding carboxylic acids is 1. The lowest BCUT2D eigenvalue weighted by Gasteiger charge is -2.31. The second-order valence-corrected chi connectivity index (χ2v) is 6.94. The zero-order valence-electron chi connectivity index (χ0n) is 14.3. The second-order valence-electron chi connectivity index (χ2n) is 6.94. The number of Topliss-reactive ketones (excluding diaryl/α,β-unsaturated/α-hetero) is 1. The molecule has 0 aliphatic heterocycles. The average molecular weight is 310 g/mol. The fourth-order valence-electron chi connectivity index (χ4n) is 4.48. The Morgan fingerprint density at radius 2 is 2.22 bits per heavy atom. The number of carbonyl (C=O) groups is 1. The van der Waals surface area contributed by atoms with Crippen LogP contribution in [0.15, 0.2) is 36.4 Å². The Balaban J connectivity index is 2.09. The van der Waals surface area contributed by atoms with Gasteiger partial charge >= 0.3 is 0 Å². The van der Waals surface area contributed by atoms with E-state index >= 15 is 0 Å². The number of allylic oxidation sites excluding steroid dienone is 3. The Labute approximate surface area is 139 Å². The molecule has 0 aromatic heterocycles. The third-order valence-electron chi connectivity index (χ3n) is 5.56. The first-order valence-electron chi connectivity index (χ1n) is 8.64. The molecule has 2 aliphatic carbocycles. The molecule has 0 heterocycles. The molecule has 122 valence electrons. The number of fused-ring (bicyclic) bond motifs is 3. The second kappa shape index (κ2) is 6.35. The maximum atomic E-state index is 12.5. The molecule has 2 heteroatoms. The van der Waals surface area contributed by atoms with Crippen molar-refractivity contribution in [2.24, 2.45) is 5.41 Å². The number of benzene rings is 1. The molecule has 0 saturated carbocycles. The number of unbranched alkanes of at least 4 members (excludes halogenated alkanes) is 1. The summed E-state index contributed by atoms with van der Waals surface area (Å²) in [5, 5.41) is 0. The Kier molecular flexibility index (Phi) is 4.43. The van der Waals surface area contributed by atoms with Crippen LogP contribution in [-0.4, -0.2) is 12.9 Å². The minimum Gasteiger partial charge on any atom is -0.497 e. The van der Waals surface area contributed by atoms with E-state index in [-0.39, 0.29) is 5.41 Å². The van der Waals surface area contributed by atoms with Crippen molar-refractivity contribution in [1.82, 2.24) is 0 Å². The van der Waals surface area contributed by atoms with Crippen molar-refractivity contribution in [1.29, 1.82) is 0 Å². The highest BCUT2D eigenvalue weighted by atomic mass is 16.5. The Morgan fingerprint density at radius 3 is 2.96 bits per heavy atom. The predicted molar refractivity (Wildman–Crippen MR) is 94.6 cm³/mol. The molecule has 0 amide bonds. The number of ketones is 1. The highest BCUT2D eigenvalue weighted by molar-refractivity contribution is 6.04. The predicted octanol–water partition coefficient (Wildman–Crippen LogP) is 5.12. The van der Waals surface area contributed by atoms with E-state index in [0.717, 1.165) is 49.8 Å². The average Bonchev–Trinajstić information content (AvgIpc) is 2.81. The topological polar surface area (TPSA) is 26.3 Å². The molecule has 0 fully saturated rings. The Morgan fingerprint density at radius 1 is 1.39 bits per heavy atom. The molecule has 1 aromatic carbocycles. The summed E-state index contributed by atoms with van der Waals surface area (Å²) in [7, 11) is 1.71. The van der Waals surface area contributed by atoms with Crippen LogP contribution in [0.3, 0.4) is 0 Å². The van der Waals surface area contributed by atoms with Crippen LogP contribution in [0.25, 0.3) is 5.57 Å². The van der Waals surface area contributed by atoms with Gasteiger partial charge in [-0.25, -0.2) is 0 Å². The maximum absolute atomic E-state index is 12.5. The number of rotatable bonds is 5. The van der Waals surface area contributed by atoms with Gasteiger partial charge in [0.15, 0.2) is 5.78 Å². The SMILES string of the molecule is C=CCCCC12CCCC(=O)C(C)=C1c1ccc(OC)cc1C2. The van der Waals surface area contributed by atoms with Crippen molar-refractivity contribution < 1.29 is 9.53 Å². The minimum atomic E-state index is 0.133. The van der Waals surface area contributed by atoms with Crippen LogP contribution >= 0.6 is 0 Å². The standard InChI is InChI=1S/C21H26O2/c1-4-5-6-11-21-12-7-8-19(22)15(2)20(21)18-10-9-17(23-3)13-16(18)14-21/h4,9-10,13H,1,5-8,11-12,14H2,2-3H3. The molecule has 0 N–H and O–H groups in total. The molecular weight excluding hydrogens is 284 g/mol. The van der Waals surface area contributed by atoms with Gasteiger partial charge in [0.1, 0.15) is 5.75 Å². The number of ether oxygens (including phenoxy) is 1. The van der Waals surface area contributed by atoms with Crippen LogP contribution in [0.5, 0.6) is 5.75 Å². The van der Waals surface area contributed by atoms with E-state index in [1.54, 1.807) is 7.11 Å². The summed E-state index contributed by atoms with van der Waals surface area (Å²) in [6.45, 7) is 5.88. The molecule has 3 rings (SSSR count). The molecule has 1 unspecified atom stereocenters. The lowest BCUT2D eigenvalue weighted by atomic mass is 9.72. The molecule has 0 bridgehead atoms. The van der Waals surface area contributed by atoms with Crippen molar-refractivity contribution in [3.05, 3.63) is 47.6 Å². The van der Waals surface area contributed by atoms with Crippen molar-refractivity contribution in [3.63, 3.8) is 0 Å². The molecule has 2 aliphatic rings. The van der Waals surface area contributed by atoms with Gasteiger partial charge in [-0.2, -0.15) is 0 Å². The van der Waals surface area contributed by atoms with Gasteiger partial charge in [-0.3, -0.25) is 4.79 Å². The van der Waals surface area contributed by atoms with Crippen LogP contribution in [0.2, 0.25) is 0 Å². The summed E-state index contributed by atoms with van der Waals surface area (Å²) in [6.07, 6.45) is 9.16. The van der Waals surface area contributed by atoms with E-state index in [2.05, 4.69) is 18.7 Å². The molecule has 1 aromatic rings. The first-order valence-corrected chi connectivity index (χ1v) is 8.64. The van der Waals surface area contributed by atoms with E-state index in [1.807, 2.05) is 19.1 Å². The fourth-order valence-corrected chi connectivity index (χ4v) is 4.48. The number of hydrogen-bond acceptors (Lipinski definition) is 2. The molecule has 0 radical (unpaired) electrons. The van der Waals surface area contributed by atoms with Gasteiger partial charge in [0, 0.05) is 11.8 Å². The van der Waals surface area contributed by atoms with Crippen LogP contribution in [0.4, 0.5) is 0 Å². The summed E-state index contributed by atoms with van der Waals surface area (Å²) in [6, 6.07) is 6.33. The van der Waals surface area contributed by atoms with Crippen LogP contribution in [-0.2, 0) is 11.2 Å². The van der Waals surface area contributed by atoms with Crippen LogP contribution in [0.1, 0.15) is 56.6 Å². The molecular formula is C21H26O2. The third-order valence-corrected chi connectivity index (χ3v) is 5.56. The van der Waals surface area contributed by atoms with Gasteiger partial charge in [0.05, 0.1) is 7.11 Å². The quantitative estimate of drug-likeness (QED) is 0.557. The van der Waals surface area contributed by atoms with E-state index in [4.69, 9.17) is 4.74 Å². The maximum Gasteiger partial charge on any atom is 0.158 e. The monoisotopic (exact) mass is 310 g/mol. The summed E-state index contributed by atoms with van der Waals surface area (Å²) < 4.78 is 5.40. The fraction of sp³-hybridized carbons (Fsp3) is 0.476. The van der Waals surface area contributed by atoms with Crippen LogP contribution in [0, 0.1) is 5.41 Å². The lowest BCUT2D eigenvalue weighted by molar-refractivity contribution is -0.115. The summed E-state index contributed by atoms with van der Waals surface area (Å²) in [5.74, 6) is 1.24. The van der Waals surface area contributed by atoms with E-state index in [0.29, 0.717) is 12.2 Å². The zero-order chi connectivity index (χ0) is 16.4. The highest BCUT2D eigenvalue weighted by Crippen LogP contribution is 2.55. The lowest BCUT2D eigenvalue weighted by Crippen LogP contribution is -2.20. The van der Waals surface area contributed by atoms with Crippen molar-refractivity contribution in [2.75, 3.05) is 7.11 Å². The Hall–Kier alpha value is -1.83. The van der Waals surface area contributed by atoms with Gasteiger partial charge < -0.3 is 4.74 Å². The summed E-state index contributed by atoms with van der Waals surface area (Å²) in [4.78, 5) is 12.5. The normalized spacial score (nSPS) is 23.3. The first kappa shape index (κ1) is 16.0. The third kappa shape index (κ3) is 2.75. The van der Waals surface area contributed by atoms with Gasteiger partial charge in [-0.15, -0.1) is 6.58 Å². The molecule has 1 atom stereocenters. The molecule has 23 heavy (non-hydrogen) atoms. The summed E-state index contributed by atoms with van der Waals surface area (Å²) in [5.41, 5.74) is 5.06. The van der Waals surface area contributed by atoms with Gasteiger partial charge in [0.2, 0.25) is 0 Å². The van der Waals surface area contributed by atoms with E-state index in [1.165, 1.54) is 16.7 Å². The van der Waals surface area contributed by atoms with Crippen LogP contribution < -0.4 is 4.74 Å². The minimum absolute atomic E-state index is 0.133. The molecule has 0 spiro atoms. The van der Waals surface area contributed by atoms with Gasteiger partial charge in [0.25, 0.3) is 0 Å². The van der Waals surface area contributed by atoms with Gasteiger partial charge in [-0.1, -0.05) is 12.1 Å². The van der Waals surface area contributed by atoms with Crippen molar-refractivity contribution >= 4 is 11.4 Å². The number of hydrogen-bond donors (Lipinski definition) is 0. The van der Waals surface area contributed by atoms with E-state index in [9.17, 15) is 4.79 Å². The Bertz CT molecular complexity index is 668. The largest absolute Gasteiger partial charge is 0.497 e. The number of methoxy groups -OCH3 is 1. The summed E-state index contributed by atoms with van der Waals surface area (Å²) >= 11 is 0. The highest BCUT2D eigenvalue weighted by Gasteiger charge is 2.44. The molecule has 0 saturated heterocycles. The van der Waals surface area contributed by atoms with Gasteiger partial charge in [-0.05, 0) is 79.9 Å². The smallest absolute Gasteiger partial charge is 0.158 e. The van der Waals surface area contributed by atoms with Crippen molar-refractivity contribution in [3.8, 4) is 5.75 Å². The molecule has 2 nitrogen and oxygen atoms in total. The first-order chi connectivity index (χ1) is 11.1. The zero-order valence-corrected chi connectivity index (χ0v) is 14.3. The van der Waals surface area contributed by atoms with E-state index < -0.39 is 0 Å². The van der Waals surface area contributed by atoms with Crippen molar-refractivity contribution in [2.45, 2.75) is 51.9 Å².